The van der Waals surface area contributed by atoms with Crippen LogP contribution in [0.1, 0.15) is 21.6 Å². The molecule has 2 heterocycles. The quantitative estimate of drug-likeness (QED) is 0.937. The van der Waals surface area contributed by atoms with Crippen LogP contribution in [0.4, 0.5) is 11.6 Å². The molecular formula is C18H23N5O. The lowest BCUT2D eigenvalue weighted by atomic mass is 10.1. The molecule has 6 nitrogen and oxygen atoms in total. The molecule has 0 aliphatic carbocycles. The summed E-state index contributed by atoms with van der Waals surface area (Å²) in [6, 6.07) is 7.72. The minimum atomic E-state index is -0.0329. The Morgan fingerprint density at radius 2 is 1.88 bits per heavy atom. The molecule has 1 N–H and O–H groups in total. The molecule has 6 heteroatoms. The van der Waals surface area contributed by atoms with Crippen molar-refractivity contribution in [2.24, 2.45) is 0 Å². The second kappa shape index (κ2) is 6.97. The smallest absolute Gasteiger partial charge is 0.272 e. The first kappa shape index (κ1) is 16.4. The standard InChI is InChI=1S/C18H23N5O/c1-13-5-4-6-15(14(13)2)20-18-19-8-7-16(21-18)17(24)23-11-9-22(3)10-12-23/h4-8H,9-12H2,1-3H3,(H,19,20,21). The van der Waals surface area contributed by atoms with Gasteiger partial charge in [0.25, 0.3) is 5.91 Å². The molecular weight excluding hydrogens is 302 g/mol. The van der Waals surface area contributed by atoms with Crippen molar-refractivity contribution >= 4 is 17.5 Å². The van der Waals surface area contributed by atoms with Crippen molar-refractivity contribution in [2.45, 2.75) is 13.8 Å². The average molecular weight is 325 g/mol. The van der Waals surface area contributed by atoms with E-state index in [0.717, 1.165) is 37.4 Å². The largest absolute Gasteiger partial charge is 0.335 e. The number of hydrogen-bond donors (Lipinski definition) is 1. The van der Waals surface area contributed by atoms with E-state index in [4.69, 9.17) is 0 Å². The van der Waals surface area contributed by atoms with Gasteiger partial charge >= 0.3 is 0 Å². The van der Waals surface area contributed by atoms with Crippen molar-refractivity contribution in [1.82, 2.24) is 19.8 Å². The van der Waals surface area contributed by atoms with Gasteiger partial charge < -0.3 is 15.1 Å². The number of nitrogens with one attached hydrogen (secondary N) is 1. The molecule has 1 aliphatic rings. The SMILES string of the molecule is Cc1cccc(Nc2nccc(C(=O)N3CCN(C)CC3)n2)c1C. The van der Waals surface area contributed by atoms with E-state index in [1.54, 1.807) is 12.3 Å². The van der Waals surface area contributed by atoms with Crippen LogP contribution in [0.25, 0.3) is 0 Å². The van der Waals surface area contributed by atoms with Gasteiger partial charge in [-0.2, -0.15) is 0 Å². The number of likely N-dealkylation sites (N-methyl/N-ethyl adjacent to an activating group) is 1. The summed E-state index contributed by atoms with van der Waals surface area (Å²) < 4.78 is 0. The Morgan fingerprint density at radius 1 is 1.12 bits per heavy atom. The summed E-state index contributed by atoms with van der Waals surface area (Å²) in [5.74, 6) is 0.415. The maximum atomic E-state index is 12.6. The molecule has 1 aromatic carbocycles. The first-order valence-electron chi connectivity index (χ1n) is 8.18. The first-order chi connectivity index (χ1) is 11.5. The molecule has 0 unspecified atom stereocenters. The van der Waals surface area contributed by atoms with Crippen molar-refractivity contribution in [3.8, 4) is 0 Å². The van der Waals surface area contributed by atoms with E-state index in [9.17, 15) is 4.79 Å². The second-order valence-corrected chi connectivity index (χ2v) is 6.23. The number of nitrogens with zero attached hydrogens (tertiary/aromatic N) is 4. The van der Waals surface area contributed by atoms with Crippen LogP contribution in [-0.4, -0.2) is 58.9 Å². The number of amides is 1. The Balaban J connectivity index is 1.76. The fourth-order valence-electron chi connectivity index (χ4n) is 2.72. The second-order valence-electron chi connectivity index (χ2n) is 6.23. The van der Waals surface area contributed by atoms with E-state index in [-0.39, 0.29) is 5.91 Å². The number of rotatable bonds is 3. The molecule has 2 aromatic rings. The van der Waals surface area contributed by atoms with Crippen LogP contribution in [0.5, 0.6) is 0 Å². The highest BCUT2D eigenvalue weighted by Gasteiger charge is 2.21. The number of carbonyl (C=O) groups is 1. The minimum absolute atomic E-state index is 0.0329. The predicted molar refractivity (Wildman–Crippen MR) is 94.6 cm³/mol. The normalized spacial score (nSPS) is 15.4. The van der Waals surface area contributed by atoms with Gasteiger partial charge in [-0.15, -0.1) is 0 Å². The summed E-state index contributed by atoms with van der Waals surface area (Å²) in [5.41, 5.74) is 3.74. The van der Waals surface area contributed by atoms with Crippen LogP contribution in [0, 0.1) is 13.8 Å². The summed E-state index contributed by atoms with van der Waals surface area (Å²) in [6.07, 6.45) is 1.63. The summed E-state index contributed by atoms with van der Waals surface area (Å²) in [7, 11) is 2.07. The van der Waals surface area contributed by atoms with Crippen molar-refractivity contribution in [3.05, 3.63) is 47.3 Å². The molecule has 0 atom stereocenters. The molecule has 24 heavy (non-hydrogen) atoms. The highest BCUT2D eigenvalue weighted by atomic mass is 16.2. The maximum Gasteiger partial charge on any atom is 0.272 e. The fourth-order valence-corrected chi connectivity index (χ4v) is 2.72. The molecule has 1 aliphatic heterocycles. The third-order valence-electron chi connectivity index (χ3n) is 4.52. The average Bonchev–Trinajstić information content (AvgIpc) is 2.59. The third kappa shape index (κ3) is 3.54. The molecule has 3 rings (SSSR count). The number of hydrogen-bond acceptors (Lipinski definition) is 5. The van der Waals surface area contributed by atoms with Crippen molar-refractivity contribution in [3.63, 3.8) is 0 Å². The number of anilines is 2. The summed E-state index contributed by atoms with van der Waals surface area (Å²) in [6.45, 7) is 7.37. The molecule has 126 valence electrons. The Bertz CT molecular complexity index is 738. The van der Waals surface area contributed by atoms with Gasteiger partial charge in [0.2, 0.25) is 5.95 Å². The van der Waals surface area contributed by atoms with E-state index < -0.39 is 0 Å². The van der Waals surface area contributed by atoms with Gasteiger partial charge in [0.05, 0.1) is 0 Å². The Hall–Kier alpha value is -2.47. The first-order valence-corrected chi connectivity index (χ1v) is 8.18. The molecule has 0 saturated carbocycles. The lowest BCUT2D eigenvalue weighted by Crippen LogP contribution is -2.47. The van der Waals surface area contributed by atoms with Gasteiger partial charge in [-0.25, -0.2) is 9.97 Å². The van der Waals surface area contributed by atoms with E-state index in [1.807, 2.05) is 17.0 Å². The molecule has 0 bridgehead atoms. The van der Waals surface area contributed by atoms with E-state index in [2.05, 4.69) is 47.1 Å². The monoisotopic (exact) mass is 325 g/mol. The van der Waals surface area contributed by atoms with E-state index >= 15 is 0 Å². The van der Waals surface area contributed by atoms with Crippen LogP contribution in [-0.2, 0) is 0 Å². The zero-order valence-electron chi connectivity index (χ0n) is 14.4. The topological polar surface area (TPSA) is 61.4 Å². The molecule has 0 spiro atoms. The minimum Gasteiger partial charge on any atom is -0.335 e. The molecule has 1 saturated heterocycles. The van der Waals surface area contributed by atoms with Gasteiger partial charge in [-0.05, 0) is 44.2 Å². The van der Waals surface area contributed by atoms with Gasteiger partial charge in [0.1, 0.15) is 5.69 Å². The van der Waals surface area contributed by atoms with Gasteiger partial charge in [0.15, 0.2) is 0 Å². The third-order valence-corrected chi connectivity index (χ3v) is 4.52. The van der Waals surface area contributed by atoms with E-state index in [0.29, 0.717) is 11.6 Å². The van der Waals surface area contributed by atoms with Gasteiger partial charge in [-0.1, -0.05) is 12.1 Å². The highest BCUT2D eigenvalue weighted by Crippen LogP contribution is 2.21. The number of aryl methyl sites for hydroxylation is 1. The highest BCUT2D eigenvalue weighted by molar-refractivity contribution is 5.92. The fraction of sp³-hybridized carbons (Fsp3) is 0.389. The number of aromatic nitrogens is 2. The Morgan fingerprint density at radius 3 is 2.62 bits per heavy atom. The van der Waals surface area contributed by atoms with Crippen molar-refractivity contribution < 1.29 is 4.79 Å². The van der Waals surface area contributed by atoms with Gasteiger partial charge in [-0.3, -0.25) is 4.79 Å². The lowest BCUT2D eigenvalue weighted by Gasteiger charge is -2.32. The number of piperazine rings is 1. The van der Waals surface area contributed by atoms with Crippen LogP contribution in [0.3, 0.4) is 0 Å². The zero-order valence-corrected chi connectivity index (χ0v) is 14.4. The lowest BCUT2D eigenvalue weighted by molar-refractivity contribution is 0.0658. The Labute approximate surface area is 142 Å². The van der Waals surface area contributed by atoms with Crippen LogP contribution < -0.4 is 5.32 Å². The number of benzene rings is 1. The number of carbonyl (C=O) groups excluding carboxylic acids is 1. The Kier molecular flexibility index (Phi) is 4.76. The molecule has 1 amide bonds. The molecule has 1 aromatic heterocycles. The van der Waals surface area contributed by atoms with E-state index in [1.165, 1.54) is 5.56 Å². The molecule has 1 fully saturated rings. The van der Waals surface area contributed by atoms with Crippen LogP contribution in [0.15, 0.2) is 30.5 Å². The van der Waals surface area contributed by atoms with Gasteiger partial charge in [0, 0.05) is 38.1 Å². The summed E-state index contributed by atoms with van der Waals surface area (Å²) >= 11 is 0. The summed E-state index contributed by atoms with van der Waals surface area (Å²) in [5, 5.41) is 3.22. The predicted octanol–water partition coefficient (Wildman–Crippen LogP) is 2.22. The van der Waals surface area contributed by atoms with Crippen molar-refractivity contribution in [2.75, 3.05) is 38.5 Å². The maximum absolute atomic E-state index is 12.6. The summed E-state index contributed by atoms with van der Waals surface area (Å²) in [4.78, 5) is 25.3. The molecule has 0 radical (unpaired) electrons. The van der Waals surface area contributed by atoms with Crippen LogP contribution in [0.2, 0.25) is 0 Å². The van der Waals surface area contributed by atoms with Crippen molar-refractivity contribution in [1.29, 1.82) is 0 Å². The zero-order chi connectivity index (χ0) is 17.1. The van der Waals surface area contributed by atoms with Crippen LogP contribution >= 0.6 is 0 Å².